The van der Waals surface area contributed by atoms with Gasteiger partial charge < -0.3 is 0 Å². The molecule has 0 aliphatic carbocycles. The summed E-state index contributed by atoms with van der Waals surface area (Å²) < 4.78 is 0. The van der Waals surface area contributed by atoms with Crippen molar-refractivity contribution in [1.29, 1.82) is 0 Å². The molecule has 1 aromatic carbocycles. The van der Waals surface area contributed by atoms with E-state index < -0.39 is 0 Å². The molecule has 1 N–H and O–H groups in total. The van der Waals surface area contributed by atoms with Crippen LogP contribution in [0.25, 0.3) is 0 Å². The van der Waals surface area contributed by atoms with E-state index in [-0.39, 0.29) is 0 Å². The van der Waals surface area contributed by atoms with Crippen molar-refractivity contribution in [2.24, 2.45) is 0 Å². The molecule has 0 spiro atoms. The van der Waals surface area contributed by atoms with Gasteiger partial charge in [0.1, 0.15) is 0 Å². The second-order valence-corrected chi connectivity index (χ2v) is 3.47. The topological polar surface area (TPSA) is 28.7 Å². The highest BCUT2D eigenvalue weighted by Crippen LogP contribution is 2.21. The summed E-state index contributed by atoms with van der Waals surface area (Å²) in [7, 11) is 0. The lowest BCUT2D eigenvalue weighted by Gasteiger charge is -1.99. The van der Waals surface area contributed by atoms with Gasteiger partial charge in [-0.3, -0.25) is 5.10 Å². The second-order valence-electron chi connectivity index (χ2n) is 3.11. The fourth-order valence-corrected chi connectivity index (χ4v) is 1.53. The number of hydrogen-bond donors (Lipinski definition) is 1. The number of aromatic nitrogens is 2. The van der Waals surface area contributed by atoms with E-state index in [4.69, 9.17) is 11.6 Å². The van der Waals surface area contributed by atoms with Gasteiger partial charge in [0.15, 0.2) is 5.15 Å². The maximum absolute atomic E-state index is 5.92. The van der Waals surface area contributed by atoms with Gasteiger partial charge in [0.25, 0.3) is 0 Å². The van der Waals surface area contributed by atoms with Crippen molar-refractivity contribution in [2.45, 2.75) is 6.92 Å². The van der Waals surface area contributed by atoms with Crippen LogP contribution >= 0.6 is 11.6 Å². The molecule has 0 aliphatic rings. The van der Waals surface area contributed by atoms with Gasteiger partial charge in [-0.15, -0.1) is 0 Å². The number of rotatable bonds is 2. The molecule has 0 atom stereocenters. The van der Waals surface area contributed by atoms with Crippen LogP contribution in [0.1, 0.15) is 16.8 Å². The first kappa shape index (κ1) is 9.28. The number of benzene rings is 1. The molecule has 0 fully saturated rings. The van der Waals surface area contributed by atoms with E-state index in [1.54, 1.807) is 0 Å². The van der Waals surface area contributed by atoms with Crippen molar-refractivity contribution in [2.75, 3.05) is 0 Å². The molecule has 71 valence electrons. The number of nitrogens with zero attached hydrogens (tertiary/aromatic N) is 1. The molecule has 14 heavy (non-hydrogen) atoms. The van der Waals surface area contributed by atoms with Crippen LogP contribution in [-0.2, 0) is 0 Å². The molecular weight excluding hydrogens is 196 g/mol. The molecule has 1 aromatic heterocycles. The van der Waals surface area contributed by atoms with Gasteiger partial charge in [-0.2, -0.15) is 5.10 Å². The lowest BCUT2D eigenvalue weighted by molar-refractivity contribution is 1.05. The molecule has 0 saturated heterocycles. The lowest BCUT2D eigenvalue weighted by Crippen LogP contribution is -1.86. The van der Waals surface area contributed by atoms with E-state index in [1.807, 2.05) is 43.7 Å². The molecule has 2 rings (SSSR count). The Kier molecular flexibility index (Phi) is 2.55. The predicted octanol–water partition coefficient (Wildman–Crippen LogP) is 2.97. The number of aryl methyl sites for hydroxylation is 1. The highest BCUT2D eigenvalue weighted by Gasteiger charge is 2.08. The smallest absolute Gasteiger partial charge is 0.154 e. The summed E-state index contributed by atoms with van der Waals surface area (Å²) in [5.41, 5.74) is 3.07. The molecule has 3 heteroatoms. The Labute approximate surface area is 87.9 Å². The zero-order chi connectivity index (χ0) is 9.97. The van der Waals surface area contributed by atoms with E-state index in [1.165, 1.54) is 0 Å². The zero-order valence-electron chi connectivity index (χ0n) is 7.79. The molecule has 0 aliphatic heterocycles. The first-order valence-corrected chi connectivity index (χ1v) is 4.75. The molecule has 1 heterocycles. The van der Waals surface area contributed by atoms with Crippen LogP contribution in [0.4, 0.5) is 0 Å². The summed E-state index contributed by atoms with van der Waals surface area (Å²) in [6.07, 6.45) is 2.02. The van der Waals surface area contributed by atoms with Gasteiger partial charge >= 0.3 is 0 Å². The first-order valence-electron chi connectivity index (χ1n) is 4.37. The average Bonchev–Trinajstić information content (AvgIpc) is 2.51. The monoisotopic (exact) mass is 205 g/mol. The van der Waals surface area contributed by atoms with Gasteiger partial charge in [0.05, 0.1) is 0 Å². The number of halogens is 1. The Morgan fingerprint density at radius 3 is 2.57 bits per heavy atom. The minimum atomic E-state index is 0.520. The number of aromatic amines is 1. The first-order chi connectivity index (χ1) is 6.77. The van der Waals surface area contributed by atoms with Crippen molar-refractivity contribution < 1.29 is 0 Å². The normalized spacial score (nSPS) is 10.4. The van der Waals surface area contributed by atoms with Gasteiger partial charge in [0, 0.05) is 17.7 Å². The van der Waals surface area contributed by atoms with Crippen LogP contribution in [0.5, 0.6) is 0 Å². The van der Waals surface area contributed by atoms with E-state index in [0.717, 1.165) is 16.8 Å². The van der Waals surface area contributed by atoms with Crippen LogP contribution in [0.3, 0.4) is 0 Å². The maximum atomic E-state index is 5.92. The summed E-state index contributed by atoms with van der Waals surface area (Å²) in [6, 6.07) is 10.0. The highest BCUT2D eigenvalue weighted by atomic mass is 35.5. The van der Waals surface area contributed by atoms with Crippen LogP contribution in [0, 0.1) is 13.3 Å². The molecule has 0 bridgehead atoms. The number of nitrogens with one attached hydrogen (secondary N) is 1. The van der Waals surface area contributed by atoms with Gasteiger partial charge in [0.2, 0.25) is 0 Å². The lowest BCUT2D eigenvalue weighted by atomic mass is 10.1. The summed E-state index contributed by atoms with van der Waals surface area (Å²) in [6.45, 7) is 1.95. The molecule has 0 amide bonds. The largest absolute Gasteiger partial charge is 0.281 e. The fraction of sp³-hybridized carbons (Fsp3) is 0.0909. The summed E-state index contributed by atoms with van der Waals surface area (Å²) in [5, 5.41) is 7.29. The highest BCUT2D eigenvalue weighted by molar-refractivity contribution is 6.30. The Morgan fingerprint density at radius 2 is 2.00 bits per heavy atom. The van der Waals surface area contributed by atoms with Crippen molar-refractivity contribution in [1.82, 2.24) is 10.2 Å². The quantitative estimate of drug-likeness (QED) is 0.803. The van der Waals surface area contributed by atoms with Crippen LogP contribution in [0.15, 0.2) is 30.3 Å². The third-order valence-electron chi connectivity index (χ3n) is 2.06. The minimum Gasteiger partial charge on any atom is -0.281 e. The Hall–Kier alpha value is -1.28. The van der Waals surface area contributed by atoms with Crippen molar-refractivity contribution in [3.05, 3.63) is 58.7 Å². The van der Waals surface area contributed by atoms with Crippen LogP contribution < -0.4 is 0 Å². The molecular formula is C11H10ClN2. The molecule has 2 aromatic rings. The Morgan fingerprint density at radius 1 is 1.29 bits per heavy atom. The Bertz CT molecular complexity index is 401. The van der Waals surface area contributed by atoms with E-state index in [9.17, 15) is 0 Å². The number of hydrogen-bond acceptors (Lipinski definition) is 1. The van der Waals surface area contributed by atoms with Crippen LogP contribution in [0.2, 0.25) is 5.15 Å². The molecule has 0 unspecified atom stereocenters. The summed E-state index contributed by atoms with van der Waals surface area (Å²) >= 11 is 5.92. The van der Waals surface area contributed by atoms with E-state index >= 15 is 0 Å². The van der Waals surface area contributed by atoms with E-state index in [2.05, 4.69) is 10.2 Å². The molecule has 2 nitrogen and oxygen atoms in total. The van der Waals surface area contributed by atoms with Crippen molar-refractivity contribution in [3.8, 4) is 0 Å². The maximum Gasteiger partial charge on any atom is 0.154 e. The predicted molar refractivity (Wildman–Crippen MR) is 57.3 cm³/mol. The van der Waals surface area contributed by atoms with Crippen molar-refractivity contribution in [3.63, 3.8) is 0 Å². The second kappa shape index (κ2) is 3.84. The third-order valence-corrected chi connectivity index (χ3v) is 2.35. The average molecular weight is 206 g/mol. The van der Waals surface area contributed by atoms with E-state index in [0.29, 0.717) is 5.15 Å². The minimum absolute atomic E-state index is 0.520. The summed E-state index contributed by atoms with van der Waals surface area (Å²) in [4.78, 5) is 0. The Balaban J connectivity index is 2.27. The SMILES string of the molecule is Cc1[nH]nc(Cl)c1[CH]c1ccccc1. The summed E-state index contributed by atoms with van der Waals surface area (Å²) in [5.74, 6) is 0. The van der Waals surface area contributed by atoms with Gasteiger partial charge in [-0.05, 0) is 12.5 Å². The van der Waals surface area contributed by atoms with Gasteiger partial charge in [-0.25, -0.2) is 0 Å². The van der Waals surface area contributed by atoms with Crippen LogP contribution in [-0.4, -0.2) is 10.2 Å². The molecule has 1 radical (unpaired) electrons. The standard InChI is InChI=1S/C11H10ClN2/c1-8-10(11(12)14-13-8)7-9-5-3-2-4-6-9/h2-7H,1H3,(H,13,14). The molecule has 0 saturated carbocycles. The fourth-order valence-electron chi connectivity index (χ4n) is 1.29. The van der Waals surface area contributed by atoms with Gasteiger partial charge in [-0.1, -0.05) is 41.9 Å². The third kappa shape index (κ3) is 1.80. The van der Waals surface area contributed by atoms with Crippen molar-refractivity contribution >= 4 is 11.6 Å². The number of H-pyrrole nitrogens is 1. The zero-order valence-corrected chi connectivity index (χ0v) is 8.55.